The minimum Gasteiger partial charge on any atom is -0.485 e. The predicted molar refractivity (Wildman–Crippen MR) is 31.5 cm³/mol. The van der Waals surface area contributed by atoms with Crippen molar-refractivity contribution in [2.75, 3.05) is 0 Å². The van der Waals surface area contributed by atoms with Gasteiger partial charge in [0.2, 0.25) is 0 Å². The Morgan fingerprint density at radius 1 is 1.30 bits per heavy atom. The molecule has 0 rings (SSSR count). The van der Waals surface area contributed by atoms with E-state index in [1.54, 1.807) is 0 Å². The molecule has 56 valence electrons. The van der Waals surface area contributed by atoms with Gasteiger partial charge in [-0.25, -0.2) is 4.79 Å². The topological polar surface area (TPSA) is 98.1 Å². The van der Waals surface area contributed by atoms with E-state index >= 15 is 0 Å². The van der Waals surface area contributed by atoms with Crippen LogP contribution in [0.5, 0.6) is 0 Å². The van der Waals surface area contributed by atoms with E-state index < -0.39 is 22.1 Å². The van der Waals surface area contributed by atoms with Gasteiger partial charge >= 0.3 is 11.9 Å². The zero-order valence-corrected chi connectivity index (χ0v) is 5.33. The lowest BCUT2D eigenvalue weighted by molar-refractivity contribution is -0.167. The number of carboxylic acid groups (broad SMARTS) is 1. The molecule has 6 nitrogen and oxygen atoms in total. The van der Waals surface area contributed by atoms with Gasteiger partial charge in [0.05, 0.1) is 0 Å². The number of amides is 1. The number of hydroxylamine groups is 2. The Labute approximate surface area is 60.2 Å². The summed E-state index contributed by atoms with van der Waals surface area (Å²) in [6, 6.07) is 0. The van der Waals surface area contributed by atoms with Crippen LogP contribution in [-0.2, 0) is 9.59 Å². The van der Waals surface area contributed by atoms with E-state index in [4.69, 9.17) is 15.4 Å². The third-order valence-corrected chi connectivity index (χ3v) is 0.729. The summed E-state index contributed by atoms with van der Waals surface area (Å²) in [7, 11) is 0. The smallest absolute Gasteiger partial charge is 0.397 e. The number of carbonyl (C=O) groups is 2. The lowest BCUT2D eigenvalue weighted by Gasteiger charge is -2.05. The maximum Gasteiger partial charge on any atom is 0.397 e. The molecule has 0 spiro atoms. The zero-order valence-electron chi connectivity index (χ0n) is 4.51. The second-order valence-corrected chi connectivity index (χ2v) is 1.57. The number of aliphatic carboxylic acids is 1. The van der Waals surface area contributed by atoms with Crippen LogP contribution in [0, 0.1) is 0 Å². The molecule has 3 N–H and O–H groups in total. The molecule has 0 fully saturated rings. The fourth-order valence-corrected chi connectivity index (χ4v) is 0.260. The molecule has 1 amide bonds. The van der Waals surface area contributed by atoms with Crippen LogP contribution in [0.15, 0.2) is 0 Å². The van der Waals surface area contributed by atoms with E-state index in [9.17, 15) is 9.59 Å². The summed E-state index contributed by atoms with van der Waals surface area (Å²) in [5, 5.41) is 22.6. The number of thiocarbonyl (C=S) groups is 1. The van der Waals surface area contributed by atoms with E-state index in [0.29, 0.717) is 0 Å². The van der Waals surface area contributed by atoms with Gasteiger partial charge in [-0.3, -0.25) is 10.0 Å². The number of aliphatic hydroxyl groups excluding tert-OH is 1. The quantitative estimate of drug-likeness (QED) is 0.187. The molecule has 0 heterocycles. The standard InChI is InChI=1S/C3H3NO5S/c5-1(2(6)7)4(9)3(8)10/h9H,(H,6,7)(H,8,10). The maximum atomic E-state index is 10.1. The second-order valence-electron chi connectivity index (χ2n) is 1.20. The zero-order chi connectivity index (χ0) is 8.31. The van der Waals surface area contributed by atoms with Gasteiger partial charge in [0, 0.05) is 0 Å². The fourth-order valence-electron chi connectivity index (χ4n) is 0.177. The Balaban J connectivity index is 4.22. The van der Waals surface area contributed by atoms with Crippen molar-refractivity contribution >= 4 is 29.3 Å². The van der Waals surface area contributed by atoms with Crippen molar-refractivity contribution in [2.24, 2.45) is 0 Å². The molecule has 0 unspecified atom stereocenters. The van der Waals surface area contributed by atoms with Crippen molar-refractivity contribution in [3.05, 3.63) is 0 Å². The fraction of sp³-hybridized carbons (Fsp3) is 0. The molecule has 7 heteroatoms. The Morgan fingerprint density at radius 2 is 1.70 bits per heavy atom. The van der Waals surface area contributed by atoms with Gasteiger partial charge in [0.15, 0.2) is 0 Å². The van der Waals surface area contributed by atoms with Gasteiger partial charge in [-0.15, -0.1) is 5.06 Å². The van der Waals surface area contributed by atoms with E-state index in [-0.39, 0.29) is 0 Å². The number of hydrogen-bond acceptors (Lipinski definition) is 4. The average molecular weight is 165 g/mol. The van der Waals surface area contributed by atoms with E-state index in [2.05, 4.69) is 12.2 Å². The SMILES string of the molecule is O=C(O)C(=O)N(O)C(O)=S. The highest BCUT2D eigenvalue weighted by Gasteiger charge is 2.22. The third-order valence-electron chi connectivity index (χ3n) is 0.557. The number of hydrogen-bond donors (Lipinski definition) is 3. The van der Waals surface area contributed by atoms with Crippen molar-refractivity contribution in [1.29, 1.82) is 0 Å². The summed E-state index contributed by atoms with van der Waals surface area (Å²) < 4.78 is 0. The number of aliphatic hydroxyl groups is 1. The van der Waals surface area contributed by atoms with Crippen molar-refractivity contribution in [3.8, 4) is 0 Å². The van der Waals surface area contributed by atoms with Crippen LogP contribution in [-0.4, -0.2) is 37.5 Å². The molecule has 0 aromatic rings. The Kier molecular flexibility index (Phi) is 2.71. The molecule has 0 bridgehead atoms. The number of rotatable bonds is 0. The number of carbonyl (C=O) groups excluding carboxylic acids is 1. The molecule has 0 atom stereocenters. The maximum absolute atomic E-state index is 10.1. The van der Waals surface area contributed by atoms with E-state index in [1.807, 2.05) is 0 Å². The largest absolute Gasteiger partial charge is 0.485 e. The highest BCUT2D eigenvalue weighted by atomic mass is 32.1. The summed E-state index contributed by atoms with van der Waals surface area (Å²) >= 11 is 3.86. The summed E-state index contributed by atoms with van der Waals surface area (Å²) in [6.45, 7) is 0. The van der Waals surface area contributed by atoms with Gasteiger partial charge in [0.1, 0.15) is 0 Å². The minimum absolute atomic E-state index is 0.544. The number of carboxylic acids is 1. The molecule has 0 saturated heterocycles. The first-order valence-corrected chi connectivity index (χ1v) is 2.37. The Morgan fingerprint density at radius 3 is 1.80 bits per heavy atom. The van der Waals surface area contributed by atoms with Crippen molar-refractivity contribution in [1.82, 2.24) is 5.06 Å². The molecule has 0 aromatic carbocycles. The van der Waals surface area contributed by atoms with E-state index in [1.165, 1.54) is 0 Å². The average Bonchev–Trinajstić information content (AvgIpc) is 1.84. The van der Waals surface area contributed by atoms with Crippen LogP contribution in [0.1, 0.15) is 0 Å². The van der Waals surface area contributed by atoms with E-state index in [0.717, 1.165) is 0 Å². The van der Waals surface area contributed by atoms with Gasteiger partial charge in [0.25, 0.3) is 5.17 Å². The first-order chi connectivity index (χ1) is 4.46. The normalized spacial score (nSPS) is 8.50. The summed E-state index contributed by atoms with van der Waals surface area (Å²) in [5.74, 6) is -3.61. The molecule has 0 aromatic heterocycles. The highest BCUT2D eigenvalue weighted by molar-refractivity contribution is 7.79. The summed E-state index contributed by atoms with van der Waals surface area (Å²) in [6.07, 6.45) is 0. The van der Waals surface area contributed by atoms with Gasteiger partial charge < -0.3 is 10.2 Å². The molecular weight excluding hydrogens is 162 g/mol. The third kappa shape index (κ3) is 1.96. The number of nitrogens with zero attached hydrogens (tertiary/aromatic N) is 1. The van der Waals surface area contributed by atoms with Crippen LogP contribution < -0.4 is 0 Å². The molecule has 0 radical (unpaired) electrons. The summed E-state index contributed by atoms with van der Waals surface area (Å²) in [5.41, 5.74) is 0. The lowest BCUT2D eigenvalue weighted by Crippen LogP contribution is -2.37. The van der Waals surface area contributed by atoms with Crippen LogP contribution in [0.4, 0.5) is 0 Å². The molecule has 0 aliphatic heterocycles. The van der Waals surface area contributed by atoms with Crippen LogP contribution in [0.3, 0.4) is 0 Å². The first kappa shape index (κ1) is 8.79. The van der Waals surface area contributed by atoms with Crippen molar-refractivity contribution < 1.29 is 25.0 Å². The van der Waals surface area contributed by atoms with Gasteiger partial charge in [-0.05, 0) is 12.2 Å². The minimum atomic E-state index is -1.90. The Bertz CT molecular complexity index is 189. The van der Waals surface area contributed by atoms with Gasteiger partial charge in [-0.1, -0.05) is 0 Å². The molecule has 0 aliphatic rings. The van der Waals surface area contributed by atoms with Crippen LogP contribution >= 0.6 is 12.2 Å². The second kappa shape index (κ2) is 3.08. The predicted octanol–water partition coefficient (Wildman–Crippen LogP) is -0.868. The molecule has 10 heavy (non-hydrogen) atoms. The summed E-state index contributed by atoms with van der Waals surface area (Å²) in [4.78, 5) is 19.8. The molecule has 0 saturated carbocycles. The molecule has 0 aliphatic carbocycles. The van der Waals surface area contributed by atoms with Crippen LogP contribution in [0.2, 0.25) is 0 Å². The Hall–Kier alpha value is -1.21. The first-order valence-electron chi connectivity index (χ1n) is 1.96. The lowest BCUT2D eigenvalue weighted by atomic mass is 10.6. The molecular formula is C3H3NO5S. The van der Waals surface area contributed by atoms with Crippen molar-refractivity contribution in [2.45, 2.75) is 0 Å². The van der Waals surface area contributed by atoms with Gasteiger partial charge in [-0.2, -0.15) is 0 Å². The van der Waals surface area contributed by atoms with Crippen LogP contribution in [0.25, 0.3) is 0 Å². The monoisotopic (exact) mass is 165 g/mol. The highest BCUT2D eigenvalue weighted by Crippen LogP contribution is 1.84. The van der Waals surface area contributed by atoms with Crippen molar-refractivity contribution in [3.63, 3.8) is 0 Å².